The average Bonchev–Trinajstić information content (AvgIpc) is 2.68. The summed E-state index contributed by atoms with van der Waals surface area (Å²) in [5.41, 5.74) is 0.655. The molecule has 1 heterocycles. The Labute approximate surface area is 159 Å². The normalized spacial score (nSPS) is 21.0. The fourth-order valence-electron chi connectivity index (χ4n) is 3.62. The molecular formula is C21H25ClN2O2. The van der Waals surface area contributed by atoms with Crippen LogP contribution in [0.4, 0.5) is 0 Å². The molecule has 1 saturated carbocycles. The minimum atomic E-state index is -0.0244. The van der Waals surface area contributed by atoms with Gasteiger partial charge in [0.05, 0.1) is 6.10 Å². The third-order valence-corrected chi connectivity index (χ3v) is 5.36. The van der Waals surface area contributed by atoms with Gasteiger partial charge in [0.2, 0.25) is 0 Å². The van der Waals surface area contributed by atoms with E-state index < -0.39 is 0 Å². The highest BCUT2D eigenvalue weighted by molar-refractivity contribution is 6.30. The van der Waals surface area contributed by atoms with Crippen LogP contribution in [0.15, 0.2) is 48.8 Å². The van der Waals surface area contributed by atoms with Crippen molar-refractivity contribution in [2.75, 3.05) is 0 Å². The van der Waals surface area contributed by atoms with Gasteiger partial charge in [-0.05, 0) is 74.4 Å². The fourth-order valence-corrected chi connectivity index (χ4v) is 3.75. The number of carbonyl (C=O) groups excluding carboxylic acids is 1. The van der Waals surface area contributed by atoms with Gasteiger partial charge in [-0.3, -0.25) is 9.78 Å². The average molecular weight is 373 g/mol. The molecule has 5 heteroatoms. The van der Waals surface area contributed by atoms with E-state index in [0.29, 0.717) is 16.5 Å². The zero-order valence-corrected chi connectivity index (χ0v) is 15.8. The Balaban J connectivity index is 1.51. The number of amides is 1. The smallest absolute Gasteiger partial charge is 0.251 e. The van der Waals surface area contributed by atoms with E-state index in [4.69, 9.17) is 16.3 Å². The van der Waals surface area contributed by atoms with Gasteiger partial charge in [-0.1, -0.05) is 18.5 Å². The van der Waals surface area contributed by atoms with Gasteiger partial charge >= 0.3 is 0 Å². The summed E-state index contributed by atoms with van der Waals surface area (Å²) in [5.74, 6) is 1.35. The molecule has 1 atom stereocenters. The number of benzene rings is 1. The van der Waals surface area contributed by atoms with Crippen LogP contribution in [0.2, 0.25) is 5.02 Å². The van der Waals surface area contributed by atoms with Crippen molar-refractivity contribution in [3.05, 3.63) is 59.4 Å². The zero-order chi connectivity index (χ0) is 18.4. The lowest BCUT2D eigenvalue weighted by atomic mass is 9.81. The minimum Gasteiger partial charge on any atom is -0.490 e. The highest BCUT2D eigenvalue weighted by Crippen LogP contribution is 2.30. The number of rotatable bonds is 6. The number of nitrogens with one attached hydrogen (secondary N) is 1. The van der Waals surface area contributed by atoms with Crippen molar-refractivity contribution in [1.29, 1.82) is 0 Å². The topological polar surface area (TPSA) is 51.2 Å². The Hall–Kier alpha value is -2.07. The van der Waals surface area contributed by atoms with Crippen LogP contribution in [-0.2, 0) is 0 Å². The van der Waals surface area contributed by atoms with Crippen LogP contribution < -0.4 is 10.1 Å². The lowest BCUT2D eigenvalue weighted by molar-refractivity contribution is 0.0870. The molecule has 4 nitrogen and oxygen atoms in total. The summed E-state index contributed by atoms with van der Waals surface area (Å²) in [6.45, 7) is 2.13. The van der Waals surface area contributed by atoms with Crippen molar-refractivity contribution < 1.29 is 9.53 Å². The monoisotopic (exact) mass is 372 g/mol. The second-order valence-corrected chi connectivity index (χ2v) is 7.27. The van der Waals surface area contributed by atoms with Crippen LogP contribution in [0.5, 0.6) is 5.75 Å². The van der Waals surface area contributed by atoms with E-state index in [1.807, 2.05) is 12.1 Å². The van der Waals surface area contributed by atoms with Crippen LogP contribution in [0, 0.1) is 5.92 Å². The first kappa shape index (κ1) is 18.7. The fraction of sp³-hybridized carbons (Fsp3) is 0.429. The van der Waals surface area contributed by atoms with Crippen molar-refractivity contribution in [3.63, 3.8) is 0 Å². The molecule has 1 aromatic heterocycles. The molecule has 138 valence electrons. The summed E-state index contributed by atoms with van der Waals surface area (Å²) < 4.78 is 6.04. The number of carbonyl (C=O) groups is 1. The van der Waals surface area contributed by atoms with Crippen LogP contribution >= 0.6 is 11.6 Å². The SMILES string of the molecule is CC[C@H](NC(=O)c1ccc(Cl)cc1)[C@H]1CC[C@@H](Oc2ccncc2)CC1. The summed E-state index contributed by atoms with van der Waals surface area (Å²) in [7, 11) is 0. The molecule has 0 unspecified atom stereocenters. The van der Waals surface area contributed by atoms with Crippen LogP contribution in [0.3, 0.4) is 0 Å². The largest absolute Gasteiger partial charge is 0.490 e. The third-order valence-electron chi connectivity index (χ3n) is 5.10. The molecule has 1 N–H and O–H groups in total. The van der Waals surface area contributed by atoms with Gasteiger partial charge in [-0.25, -0.2) is 0 Å². The van der Waals surface area contributed by atoms with E-state index in [-0.39, 0.29) is 18.1 Å². The first-order valence-corrected chi connectivity index (χ1v) is 9.66. The first-order chi connectivity index (χ1) is 12.7. The predicted molar refractivity (Wildman–Crippen MR) is 104 cm³/mol. The standard InChI is InChI=1S/C21H25ClN2O2/c1-2-20(24-21(25)16-3-7-17(22)8-4-16)15-5-9-18(10-6-15)26-19-11-13-23-14-12-19/h3-4,7-8,11-15,18,20H,2,5-6,9-10H2,1H3,(H,24,25)/t15-,18+,20-/m0/s1. The number of pyridine rings is 1. The summed E-state index contributed by atoms with van der Waals surface area (Å²) >= 11 is 5.90. The molecule has 0 spiro atoms. The molecule has 0 aliphatic heterocycles. The van der Waals surface area contributed by atoms with E-state index in [9.17, 15) is 4.79 Å². The van der Waals surface area contributed by atoms with E-state index in [0.717, 1.165) is 37.9 Å². The van der Waals surface area contributed by atoms with Gasteiger partial charge in [0.25, 0.3) is 5.91 Å². The number of aromatic nitrogens is 1. The first-order valence-electron chi connectivity index (χ1n) is 9.29. The second-order valence-electron chi connectivity index (χ2n) is 6.83. The van der Waals surface area contributed by atoms with Crippen LogP contribution in [0.25, 0.3) is 0 Å². The van der Waals surface area contributed by atoms with Crippen LogP contribution in [-0.4, -0.2) is 23.0 Å². The van der Waals surface area contributed by atoms with Crippen LogP contribution in [0.1, 0.15) is 49.4 Å². The zero-order valence-electron chi connectivity index (χ0n) is 15.0. The van der Waals surface area contributed by atoms with Crippen molar-refractivity contribution in [2.24, 2.45) is 5.92 Å². The summed E-state index contributed by atoms with van der Waals surface area (Å²) in [5, 5.41) is 3.85. The molecule has 0 saturated heterocycles. The van der Waals surface area contributed by atoms with E-state index in [1.165, 1.54) is 0 Å². The van der Waals surface area contributed by atoms with Crippen molar-refractivity contribution in [2.45, 2.75) is 51.2 Å². The molecule has 1 fully saturated rings. The van der Waals surface area contributed by atoms with E-state index in [1.54, 1.807) is 36.7 Å². The van der Waals surface area contributed by atoms with Gasteiger partial charge in [-0.15, -0.1) is 0 Å². The lowest BCUT2D eigenvalue weighted by Crippen LogP contribution is -2.42. The van der Waals surface area contributed by atoms with Crippen molar-refractivity contribution in [3.8, 4) is 5.75 Å². The Morgan fingerprint density at radius 2 is 1.81 bits per heavy atom. The maximum absolute atomic E-state index is 12.5. The Morgan fingerprint density at radius 1 is 1.15 bits per heavy atom. The Kier molecular flexibility index (Phi) is 6.51. The number of halogens is 1. The molecule has 0 bridgehead atoms. The number of hydrogen-bond acceptors (Lipinski definition) is 3. The minimum absolute atomic E-state index is 0.0244. The summed E-state index contributed by atoms with van der Waals surface area (Å²) in [4.78, 5) is 16.5. The molecule has 1 amide bonds. The number of nitrogens with zero attached hydrogens (tertiary/aromatic N) is 1. The summed E-state index contributed by atoms with van der Waals surface area (Å²) in [6.07, 6.45) is 8.84. The Bertz CT molecular complexity index is 698. The van der Waals surface area contributed by atoms with Crippen molar-refractivity contribution in [1.82, 2.24) is 10.3 Å². The van der Waals surface area contributed by atoms with E-state index >= 15 is 0 Å². The highest BCUT2D eigenvalue weighted by Gasteiger charge is 2.28. The van der Waals surface area contributed by atoms with Gasteiger partial charge in [0.1, 0.15) is 5.75 Å². The molecule has 0 radical (unpaired) electrons. The van der Waals surface area contributed by atoms with Gasteiger partial charge in [0, 0.05) is 29.0 Å². The third kappa shape index (κ3) is 4.98. The number of hydrogen-bond donors (Lipinski definition) is 1. The van der Waals surface area contributed by atoms with Gasteiger partial charge in [0.15, 0.2) is 0 Å². The molecule has 2 aromatic rings. The summed E-state index contributed by atoms with van der Waals surface area (Å²) in [6, 6.07) is 11.0. The molecule has 1 aromatic carbocycles. The quantitative estimate of drug-likeness (QED) is 0.786. The maximum Gasteiger partial charge on any atom is 0.251 e. The molecule has 1 aliphatic carbocycles. The molecule has 3 rings (SSSR count). The Morgan fingerprint density at radius 3 is 2.42 bits per heavy atom. The predicted octanol–water partition coefficient (Wildman–Crippen LogP) is 4.88. The molecule has 26 heavy (non-hydrogen) atoms. The van der Waals surface area contributed by atoms with E-state index in [2.05, 4.69) is 17.2 Å². The molecule has 1 aliphatic rings. The van der Waals surface area contributed by atoms with Gasteiger partial charge < -0.3 is 10.1 Å². The second kappa shape index (κ2) is 9.04. The number of ether oxygens (including phenoxy) is 1. The highest BCUT2D eigenvalue weighted by atomic mass is 35.5. The van der Waals surface area contributed by atoms with Gasteiger partial charge in [-0.2, -0.15) is 0 Å². The lowest BCUT2D eigenvalue weighted by Gasteiger charge is -2.34. The van der Waals surface area contributed by atoms with Crippen molar-refractivity contribution >= 4 is 17.5 Å². The maximum atomic E-state index is 12.5. The molecular weight excluding hydrogens is 348 g/mol.